The van der Waals surface area contributed by atoms with E-state index in [1.807, 2.05) is 0 Å². The molecular formula is C21H24O4. The lowest BCUT2D eigenvalue weighted by molar-refractivity contribution is 0.0696. The van der Waals surface area contributed by atoms with Crippen molar-refractivity contribution in [2.24, 2.45) is 0 Å². The Bertz CT molecular complexity index is 686. The fourth-order valence-electron chi connectivity index (χ4n) is 2.21. The highest BCUT2D eigenvalue weighted by molar-refractivity contribution is 5.94. The third-order valence-corrected chi connectivity index (χ3v) is 3.42. The van der Waals surface area contributed by atoms with E-state index in [1.165, 1.54) is 17.7 Å². The molecule has 0 radical (unpaired) electrons. The monoisotopic (exact) mass is 340 g/mol. The van der Waals surface area contributed by atoms with E-state index in [1.54, 1.807) is 6.92 Å². The highest BCUT2D eigenvalue weighted by Crippen LogP contribution is 2.09. The van der Waals surface area contributed by atoms with Gasteiger partial charge in [0.2, 0.25) is 0 Å². The summed E-state index contributed by atoms with van der Waals surface area (Å²) >= 11 is 0. The molecule has 2 aromatic carbocycles. The van der Waals surface area contributed by atoms with Crippen molar-refractivity contribution in [3.05, 3.63) is 82.9 Å². The van der Waals surface area contributed by atoms with Crippen molar-refractivity contribution in [2.75, 3.05) is 0 Å². The number of benzene rings is 2. The van der Waals surface area contributed by atoms with Gasteiger partial charge in [0.05, 0.1) is 11.1 Å². The van der Waals surface area contributed by atoms with Crippen LogP contribution >= 0.6 is 0 Å². The van der Waals surface area contributed by atoms with Crippen molar-refractivity contribution in [1.82, 2.24) is 0 Å². The van der Waals surface area contributed by atoms with Gasteiger partial charge in [0.15, 0.2) is 0 Å². The summed E-state index contributed by atoms with van der Waals surface area (Å²) in [5.74, 6) is -2.24. The van der Waals surface area contributed by atoms with E-state index < -0.39 is 11.9 Å². The summed E-state index contributed by atoms with van der Waals surface area (Å²) in [5, 5.41) is 17.2. The fourth-order valence-corrected chi connectivity index (χ4v) is 2.21. The molecule has 0 amide bonds. The molecule has 0 saturated carbocycles. The second-order valence-electron chi connectivity index (χ2n) is 5.60. The van der Waals surface area contributed by atoms with E-state index in [9.17, 15) is 9.59 Å². The summed E-state index contributed by atoms with van der Waals surface area (Å²) in [4.78, 5) is 21.1. The van der Waals surface area contributed by atoms with E-state index in [4.69, 9.17) is 10.2 Å². The molecule has 132 valence electrons. The van der Waals surface area contributed by atoms with Crippen molar-refractivity contribution in [2.45, 2.75) is 33.1 Å². The molecule has 0 saturated heterocycles. The first-order valence-electron chi connectivity index (χ1n) is 8.21. The van der Waals surface area contributed by atoms with Crippen LogP contribution in [-0.2, 0) is 6.42 Å². The van der Waals surface area contributed by atoms with Gasteiger partial charge < -0.3 is 10.2 Å². The van der Waals surface area contributed by atoms with Crippen LogP contribution in [0.3, 0.4) is 0 Å². The number of carboxylic acids is 2. The van der Waals surface area contributed by atoms with Gasteiger partial charge in [-0.3, -0.25) is 0 Å². The maximum absolute atomic E-state index is 10.5. The van der Waals surface area contributed by atoms with Crippen molar-refractivity contribution >= 4 is 11.9 Å². The number of hydrogen-bond acceptors (Lipinski definition) is 2. The smallest absolute Gasteiger partial charge is 0.335 e. The molecule has 0 unspecified atom stereocenters. The molecule has 0 aromatic heterocycles. The molecule has 0 bridgehead atoms. The Kier molecular flexibility index (Phi) is 8.72. The van der Waals surface area contributed by atoms with Gasteiger partial charge in [-0.15, -0.1) is 0 Å². The lowest BCUT2D eigenvalue weighted by atomic mass is 10.1. The minimum absolute atomic E-state index is 0.00241. The molecule has 0 spiro atoms. The molecule has 2 N–H and O–H groups in total. The molecular weight excluding hydrogens is 316 g/mol. The van der Waals surface area contributed by atoms with Crippen molar-refractivity contribution in [3.63, 3.8) is 0 Å². The van der Waals surface area contributed by atoms with Gasteiger partial charge in [-0.25, -0.2) is 9.59 Å². The van der Waals surface area contributed by atoms with Crippen LogP contribution in [0, 0.1) is 6.92 Å². The van der Waals surface area contributed by atoms with Gasteiger partial charge in [-0.2, -0.15) is 0 Å². The fraction of sp³-hybridized carbons (Fsp3) is 0.238. The molecule has 2 rings (SSSR count). The minimum Gasteiger partial charge on any atom is -0.478 e. The summed E-state index contributed by atoms with van der Waals surface area (Å²) in [5.41, 5.74) is 2.05. The summed E-state index contributed by atoms with van der Waals surface area (Å²) in [6, 6.07) is 14.6. The summed E-state index contributed by atoms with van der Waals surface area (Å²) in [7, 11) is 0. The Hall–Kier alpha value is -2.88. The molecule has 0 heterocycles. The van der Waals surface area contributed by atoms with Gasteiger partial charge >= 0.3 is 11.9 Å². The summed E-state index contributed by atoms with van der Waals surface area (Å²) < 4.78 is 0. The number of aryl methyl sites for hydroxylation is 2. The molecule has 4 heteroatoms. The maximum atomic E-state index is 10.5. The molecule has 2 aromatic rings. The summed E-state index contributed by atoms with van der Waals surface area (Å²) in [6.45, 7) is 3.82. The highest BCUT2D eigenvalue weighted by atomic mass is 16.4. The van der Waals surface area contributed by atoms with Crippen LogP contribution in [0.2, 0.25) is 0 Å². The molecule has 25 heavy (non-hydrogen) atoms. The lowest BCUT2D eigenvalue weighted by Crippen LogP contribution is -2.02. The quantitative estimate of drug-likeness (QED) is 0.728. The number of hydrogen-bond donors (Lipinski definition) is 2. The lowest BCUT2D eigenvalue weighted by Gasteiger charge is -1.99. The number of carbonyl (C=O) groups is 2. The molecule has 4 nitrogen and oxygen atoms in total. The number of rotatable bonds is 6. The SMILES string of the molecule is CCC=CCCc1ccccc1.Cc1cc(C(=O)O)cc(C(=O)O)c1. The van der Waals surface area contributed by atoms with Crippen LogP contribution in [-0.4, -0.2) is 22.2 Å². The predicted octanol–water partition coefficient (Wildman–Crippen LogP) is 4.98. The Morgan fingerprint density at radius 2 is 1.48 bits per heavy atom. The molecule has 0 aliphatic carbocycles. The van der Waals surface area contributed by atoms with Crippen LogP contribution in [0.4, 0.5) is 0 Å². The minimum atomic E-state index is -1.12. The zero-order chi connectivity index (χ0) is 18.7. The van der Waals surface area contributed by atoms with Gasteiger partial charge in [-0.05, 0) is 55.5 Å². The van der Waals surface area contributed by atoms with Gasteiger partial charge in [-0.1, -0.05) is 49.4 Å². The van der Waals surface area contributed by atoms with E-state index in [0.717, 1.165) is 25.3 Å². The van der Waals surface area contributed by atoms with Crippen LogP contribution in [0.15, 0.2) is 60.7 Å². The third-order valence-electron chi connectivity index (χ3n) is 3.42. The van der Waals surface area contributed by atoms with Gasteiger partial charge in [0.1, 0.15) is 0 Å². The molecule has 0 atom stereocenters. The zero-order valence-corrected chi connectivity index (χ0v) is 14.6. The van der Waals surface area contributed by atoms with Crippen molar-refractivity contribution in [1.29, 1.82) is 0 Å². The number of aromatic carboxylic acids is 2. The van der Waals surface area contributed by atoms with Crippen molar-refractivity contribution < 1.29 is 19.8 Å². The van der Waals surface area contributed by atoms with Gasteiger partial charge in [0, 0.05) is 0 Å². The average Bonchev–Trinajstić information content (AvgIpc) is 2.59. The number of carboxylic acid groups (broad SMARTS) is 2. The third kappa shape index (κ3) is 7.97. The van der Waals surface area contributed by atoms with Crippen LogP contribution in [0.1, 0.15) is 51.6 Å². The second-order valence-corrected chi connectivity index (χ2v) is 5.60. The zero-order valence-electron chi connectivity index (χ0n) is 14.6. The Labute approximate surface area is 148 Å². The first kappa shape index (κ1) is 20.2. The van der Waals surface area contributed by atoms with Crippen molar-refractivity contribution in [3.8, 4) is 0 Å². The topological polar surface area (TPSA) is 74.6 Å². The predicted molar refractivity (Wildman–Crippen MR) is 99.3 cm³/mol. The first-order chi connectivity index (χ1) is 11.9. The standard InChI is InChI=1S/C12H16.C9H8O4/c1-2-3-4-6-9-12-10-7-5-8-11-12;1-5-2-6(8(10)11)4-7(3-5)9(12)13/h3-5,7-8,10-11H,2,6,9H2,1H3;2-4H,1H3,(H,10,11)(H,12,13). The van der Waals surface area contributed by atoms with Crippen LogP contribution in [0.25, 0.3) is 0 Å². The van der Waals surface area contributed by atoms with Gasteiger partial charge in [0.25, 0.3) is 0 Å². The van der Waals surface area contributed by atoms with E-state index in [0.29, 0.717) is 5.56 Å². The average molecular weight is 340 g/mol. The Morgan fingerprint density at radius 3 is 1.96 bits per heavy atom. The largest absolute Gasteiger partial charge is 0.478 e. The number of allylic oxidation sites excluding steroid dienone is 2. The van der Waals surface area contributed by atoms with E-state index >= 15 is 0 Å². The Balaban J connectivity index is 0.000000251. The van der Waals surface area contributed by atoms with Crippen LogP contribution in [0.5, 0.6) is 0 Å². The highest BCUT2D eigenvalue weighted by Gasteiger charge is 2.09. The van der Waals surface area contributed by atoms with E-state index in [-0.39, 0.29) is 11.1 Å². The van der Waals surface area contributed by atoms with Crippen LogP contribution < -0.4 is 0 Å². The normalized spacial score (nSPS) is 10.2. The van der Waals surface area contributed by atoms with E-state index in [2.05, 4.69) is 49.4 Å². The summed E-state index contributed by atoms with van der Waals surface area (Å²) in [6.07, 6.45) is 7.96. The first-order valence-corrected chi connectivity index (χ1v) is 8.21. The molecule has 0 aliphatic rings. The maximum Gasteiger partial charge on any atom is 0.335 e. The molecule has 0 fully saturated rings. The molecule has 0 aliphatic heterocycles. The Morgan fingerprint density at radius 1 is 0.920 bits per heavy atom. The second kappa shape index (κ2) is 10.8.